The second kappa shape index (κ2) is 7.92. The first-order chi connectivity index (χ1) is 14.3. The van der Waals surface area contributed by atoms with Crippen LogP contribution in [0.25, 0.3) is 17.3 Å². The molecule has 4 heterocycles. The molecule has 1 fully saturated rings. The Bertz CT molecular complexity index is 1100. The predicted octanol–water partition coefficient (Wildman–Crippen LogP) is 4.46. The van der Waals surface area contributed by atoms with Crippen LogP contribution in [0.2, 0.25) is 5.02 Å². The Morgan fingerprint density at radius 2 is 1.93 bits per heavy atom. The molecule has 0 amide bonds. The number of rotatable bonds is 6. The van der Waals surface area contributed by atoms with E-state index >= 15 is 0 Å². The summed E-state index contributed by atoms with van der Waals surface area (Å²) in [6.45, 7) is 1.94. The number of benzene rings is 1. The fourth-order valence-electron chi connectivity index (χ4n) is 3.26. The van der Waals surface area contributed by atoms with Gasteiger partial charge in [-0.15, -0.1) is 20.4 Å². The van der Waals surface area contributed by atoms with E-state index in [1.807, 2.05) is 28.8 Å². The van der Waals surface area contributed by atoms with E-state index < -0.39 is 0 Å². The Morgan fingerprint density at radius 3 is 2.72 bits per heavy atom. The van der Waals surface area contributed by atoms with Crippen molar-refractivity contribution in [3.05, 3.63) is 53.6 Å². The summed E-state index contributed by atoms with van der Waals surface area (Å²) in [6.07, 6.45) is 3.88. The Kier molecular flexibility index (Phi) is 4.99. The van der Waals surface area contributed by atoms with Gasteiger partial charge in [0, 0.05) is 18.1 Å². The van der Waals surface area contributed by atoms with Crippen LogP contribution in [0.4, 0.5) is 5.95 Å². The lowest BCUT2D eigenvalue weighted by molar-refractivity contribution is 0.494. The molecule has 148 valence electrons. The van der Waals surface area contributed by atoms with Gasteiger partial charge in [-0.25, -0.2) is 0 Å². The van der Waals surface area contributed by atoms with Gasteiger partial charge in [0.05, 0.1) is 17.7 Å². The SMILES string of the molecule is Clc1cccc(-n2c(SCc3nnc(-c4ccco4)o3)nnc2N2CCCC2)c1. The Balaban J connectivity index is 1.42. The molecule has 10 heteroatoms. The van der Waals surface area contributed by atoms with E-state index in [0.29, 0.717) is 28.3 Å². The van der Waals surface area contributed by atoms with Crippen LogP contribution in [0.5, 0.6) is 0 Å². The smallest absolute Gasteiger partial charge is 0.283 e. The molecule has 4 aromatic rings. The number of anilines is 1. The maximum absolute atomic E-state index is 6.23. The summed E-state index contributed by atoms with van der Waals surface area (Å²) in [5.41, 5.74) is 0.925. The molecule has 0 atom stereocenters. The zero-order valence-electron chi connectivity index (χ0n) is 15.4. The van der Waals surface area contributed by atoms with Gasteiger partial charge < -0.3 is 13.7 Å². The molecular weight excluding hydrogens is 412 g/mol. The van der Waals surface area contributed by atoms with Crippen molar-refractivity contribution in [2.75, 3.05) is 18.0 Å². The molecule has 1 saturated heterocycles. The van der Waals surface area contributed by atoms with Crippen molar-refractivity contribution in [1.82, 2.24) is 25.0 Å². The van der Waals surface area contributed by atoms with Crippen LogP contribution in [0.1, 0.15) is 18.7 Å². The van der Waals surface area contributed by atoms with E-state index in [9.17, 15) is 0 Å². The third-order valence-corrected chi connectivity index (χ3v) is 5.74. The number of halogens is 1. The molecule has 8 nitrogen and oxygen atoms in total. The Hall–Kier alpha value is -2.78. The summed E-state index contributed by atoms with van der Waals surface area (Å²) in [7, 11) is 0. The van der Waals surface area contributed by atoms with E-state index in [2.05, 4.69) is 25.3 Å². The second-order valence-corrected chi connectivity index (χ2v) is 7.94. The van der Waals surface area contributed by atoms with Crippen LogP contribution in [0.15, 0.2) is 56.7 Å². The molecule has 0 aliphatic carbocycles. The minimum atomic E-state index is 0.361. The van der Waals surface area contributed by atoms with Crippen molar-refractivity contribution < 1.29 is 8.83 Å². The lowest BCUT2D eigenvalue weighted by atomic mass is 10.3. The number of hydrogen-bond donors (Lipinski definition) is 0. The normalized spacial score (nSPS) is 14.0. The van der Waals surface area contributed by atoms with E-state index in [0.717, 1.165) is 42.7 Å². The highest BCUT2D eigenvalue weighted by Gasteiger charge is 2.23. The number of nitrogens with zero attached hydrogens (tertiary/aromatic N) is 6. The van der Waals surface area contributed by atoms with Crippen molar-refractivity contribution in [3.63, 3.8) is 0 Å². The number of aromatic nitrogens is 5. The molecule has 5 rings (SSSR count). The van der Waals surface area contributed by atoms with Crippen molar-refractivity contribution in [1.29, 1.82) is 0 Å². The van der Waals surface area contributed by atoms with Gasteiger partial charge in [0.2, 0.25) is 11.8 Å². The minimum Gasteiger partial charge on any atom is -0.459 e. The lowest BCUT2D eigenvalue weighted by Gasteiger charge is -2.18. The van der Waals surface area contributed by atoms with E-state index in [1.165, 1.54) is 11.8 Å². The molecule has 0 N–H and O–H groups in total. The fourth-order valence-corrected chi connectivity index (χ4v) is 4.23. The Morgan fingerprint density at radius 1 is 1.03 bits per heavy atom. The van der Waals surface area contributed by atoms with Crippen molar-refractivity contribution in [3.8, 4) is 17.3 Å². The molecule has 1 aromatic carbocycles. The largest absolute Gasteiger partial charge is 0.459 e. The molecule has 3 aromatic heterocycles. The van der Waals surface area contributed by atoms with Gasteiger partial charge in [-0.1, -0.05) is 29.4 Å². The standard InChI is InChI=1S/C19H17ClN6O2S/c20-13-5-3-6-14(11-13)26-18(25-8-1-2-9-25)23-24-19(26)29-12-16-21-22-17(28-16)15-7-4-10-27-15/h3-7,10-11H,1-2,8-9,12H2. The van der Waals surface area contributed by atoms with E-state index in [1.54, 1.807) is 18.4 Å². The summed E-state index contributed by atoms with van der Waals surface area (Å²) in [4.78, 5) is 2.25. The van der Waals surface area contributed by atoms with Gasteiger partial charge in [-0.3, -0.25) is 4.57 Å². The summed E-state index contributed by atoms with van der Waals surface area (Å²) < 4.78 is 13.0. The summed E-state index contributed by atoms with van der Waals surface area (Å²) in [6, 6.07) is 11.3. The van der Waals surface area contributed by atoms with Crippen molar-refractivity contribution in [2.45, 2.75) is 23.8 Å². The molecule has 0 bridgehead atoms. The van der Waals surface area contributed by atoms with E-state index in [-0.39, 0.29) is 0 Å². The second-order valence-electron chi connectivity index (χ2n) is 6.56. The molecule has 1 aliphatic rings. The van der Waals surface area contributed by atoms with Gasteiger partial charge in [0.25, 0.3) is 5.89 Å². The topological polar surface area (TPSA) is 86.0 Å². The molecule has 0 radical (unpaired) electrons. The number of furan rings is 1. The third-order valence-electron chi connectivity index (χ3n) is 4.60. The monoisotopic (exact) mass is 428 g/mol. The molecule has 29 heavy (non-hydrogen) atoms. The highest BCUT2D eigenvalue weighted by molar-refractivity contribution is 7.98. The van der Waals surface area contributed by atoms with Crippen LogP contribution in [0, 0.1) is 0 Å². The lowest BCUT2D eigenvalue weighted by Crippen LogP contribution is -2.22. The summed E-state index contributed by atoms with van der Waals surface area (Å²) >= 11 is 7.72. The first kappa shape index (κ1) is 18.3. The van der Waals surface area contributed by atoms with Crippen LogP contribution in [-0.4, -0.2) is 38.1 Å². The van der Waals surface area contributed by atoms with Crippen LogP contribution in [-0.2, 0) is 5.75 Å². The number of thioether (sulfide) groups is 1. The predicted molar refractivity (Wildman–Crippen MR) is 109 cm³/mol. The van der Waals surface area contributed by atoms with Gasteiger partial charge in [0.15, 0.2) is 10.9 Å². The van der Waals surface area contributed by atoms with Crippen LogP contribution in [0.3, 0.4) is 0 Å². The molecule has 0 unspecified atom stereocenters. The molecule has 0 saturated carbocycles. The maximum Gasteiger partial charge on any atom is 0.283 e. The summed E-state index contributed by atoms with van der Waals surface area (Å²) in [5.74, 6) is 2.69. The first-order valence-electron chi connectivity index (χ1n) is 9.23. The maximum atomic E-state index is 6.23. The van der Waals surface area contributed by atoms with Crippen LogP contribution >= 0.6 is 23.4 Å². The van der Waals surface area contributed by atoms with Crippen molar-refractivity contribution >= 4 is 29.3 Å². The number of hydrogen-bond acceptors (Lipinski definition) is 8. The van der Waals surface area contributed by atoms with Crippen molar-refractivity contribution in [2.24, 2.45) is 0 Å². The molecular formula is C19H17ClN6O2S. The highest BCUT2D eigenvalue weighted by atomic mass is 35.5. The minimum absolute atomic E-state index is 0.361. The quantitative estimate of drug-likeness (QED) is 0.416. The van der Waals surface area contributed by atoms with E-state index in [4.69, 9.17) is 20.4 Å². The summed E-state index contributed by atoms with van der Waals surface area (Å²) in [5, 5.41) is 18.4. The van der Waals surface area contributed by atoms with Crippen LogP contribution < -0.4 is 4.90 Å². The van der Waals surface area contributed by atoms with Gasteiger partial charge in [-0.2, -0.15) is 0 Å². The van der Waals surface area contributed by atoms with Gasteiger partial charge >= 0.3 is 0 Å². The Labute approximate surface area is 175 Å². The molecule has 0 spiro atoms. The van der Waals surface area contributed by atoms with Gasteiger partial charge in [-0.05, 0) is 43.2 Å². The zero-order valence-corrected chi connectivity index (χ0v) is 16.9. The highest BCUT2D eigenvalue weighted by Crippen LogP contribution is 2.31. The third kappa shape index (κ3) is 3.75. The fraction of sp³-hybridized carbons (Fsp3) is 0.263. The first-order valence-corrected chi connectivity index (χ1v) is 10.6. The average molecular weight is 429 g/mol. The zero-order chi connectivity index (χ0) is 19.6. The average Bonchev–Trinajstić information content (AvgIpc) is 3.53. The van der Waals surface area contributed by atoms with Gasteiger partial charge in [0.1, 0.15) is 0 Å². The molecule has 1 aliphatic heterocycles.